The van der Waals surface area contributed by atoms with E-state index in [-0.39, 0.29) is 0 Å². The van der Waals surface area contributed by atoms with E-state index in [0.29, 0.717) is 6.73 Å². The van der Waals surface area contributed by atoms with E-state index in [9.17, 15) is 0 Å². The first-order valence-corrected chi connectivity index (χ1v) is 9.66. The Hall–Kier alpha value is -0.133. The van der Waals surface area contributed by atoms with E-state index in [0.717, 1.165) is 16.8 Å². The Balaban J connectivity index is 2.26. The minimum absolute atomic E-state index is 0.553. The lowest BCUT2D eigenvalue weighted by atomic mass is 10.4. The number of hydrogen-bond donors (Lipinski definition) is 0. The van der Waals surface area contributed by atoms with Crippen LogP contribution in [-0.4, -0.2) is 24.5 Å². The highest BCUT2D eigenvalue weighted by Crippen LogP contribution is 2.12. The van der Waals surface area contributed by atoms with E-state index >= 15 is 0 Å². The van der Waals surface area contributed by atoms with Crippen LogP contribution in [0.15, 0.2) is 10.8 Å². The van der Waals surface area contributed by atoms with Gasteiger partial charge in [0.15, 0.2) is 0 Å². The molecule has 0 unspecified atom stereocenters. The summed E-state index contributed by atoms with van der Waals surface area (Å²) in [5.74, 6) is 0. The third kappa shape index (κ3) is 4.95. The molecule has 0 saturated heterocycles. The van der Waals surface area contributed by atoms with E-state index < -0.39 is 8.07 Å². The summed E-state index contributed by atoms with van der Waals surface area (Å²) in [6, 6.07) is 1.20. The standard InChI is InChI=1S/C10H19BrN2OSi/c1-9-7-13(12-10(9)11)8-14-5-6-15(2,3)4/h7H,5-6,8H2,1-4H3. The summed E-state index contributed by atoms with van der Waals surface area (Å²) in [5.41, 5.74) is 1.14. The molecule has 5 heteroatoms. The quantitative estimate of drug-likeness (QED) is 0.615. The zero-order chi connectivity index (χ0) is 11.5. The number of aromatic nitrogens is 2. The maximum atomic E-state index is 5.58. The second-order valence-corrected chi connectivity index (χ2v) is 11.4. The van der Waals surface area contributed by atoms with Crippen LogP contribution in [0.2, 0.25) is 25.7 Å². The highest BCUT2D eigenvalue weighted by Gasteiger charge is 2.12. The molecular formula is C10H19BrN2OSi. The highest BCUT2D eigenvalue weighted by atomic mass is 79.9. The molecule has 0 saturated carbocycles. The van der Waals surface area contributed by atoms with E-state index in [1.54, 1.807) is 0 Å². The van der Waals surface area contributed by atoms with Gasteiger partial charge >= 0.3 is 0 Å². The van der Waals surface area contributed by atoms with Crippen LogP contribution in [0, 0.1) is 6.92 Å². The molecule has 15 heavy (non-hydrogen) atoms. The zero-order valence-corrected chi connectivity index (χ0v) is 12.5. The number of nitrogens with zero attached hydrogens (tertiary/aromatic N) is 2. The van der Waals surface area contributed by atoms with Crippen molar-refractivity contribution in [1.29, 1.82) is 0 Å². The van der Waals surface area contributed by atoms with Crippen molar-refractivity contribution in [3.8, 4) is 0 Å². The van der Waals surface area contributed by atoms with Gasteiger partial charge in [0.05, 0.1) is 0 Å². The van der Waals surface area contributed by atoms with Crippen LogP contribution in [0.25, 0.3) is 0 Å². The Labute approximate surface area is 101 Å². The summed E-state index contributed by atoms with van der Waals surface area (Å²) < 4.78 is 8.30. The summed E-state index contributed by atoms with van der Waals surface area (Å²) in [6.07, 6.45) is 1.98. The Morgan fingerprint density at radius 3 is 2.60 bits per heavy atom. The lowest BCUT2D eigenvalue weighted by Crippen LogP contribution is -2.22. The van der Waals surface area contributed by atoms with Crippen LogP contribution in [0.4, 0.5) is 0 Å². The van der Waals surface area contributed by atoms with Crippen molar-refractivity contribution in [3.63, 3.8) is 0 Å². The van der Waals surface area contributed by atoms with Gasteiger partial charge in [-0.05, 0) is 28.9 Å². The van der Waals surface area contributed by atoms with Crippen molar-refractivity contribution >= 4 is 24.0 Å². The summed E-state index contributed by atoms with van der Waals surface area (Å²) in [4.78, 5) is 0. The van der Waals surface area contributed by atoms with Crippen molar-refractivity contribution in [3.05, 3.63) is 16.4 Å². The van der Waals surface area contributed by atoms with Crippen LogP contribution >= 0.6 is 15.9 Å². The van der Waals surface area contributed by atoms with Gasteiger partial charge in [-0.1, -0.05) is 19.6 Å². The topological polar surface area (TPSA) is 27.1 Å². The molecule has 0 aliphatic heterocycles. The molecule has 0 atom stereocenters. The van der Waals surface area contributed by atoms with Gasteiger partial charge in [0.1, 0.15) is 11.3 Å². The first-order chi connectivity index (χ1) is 6.88. The summed E-state index contributed by atoms with van der Waals surface area (Å²) in [6.45, 7) is 10.5. The van der Waals surface area contributed by atoms with Crippen molar-refractivity contribution < 1.29 is 4.74 Å². The van der Waals surface area contributed by atoms with E-state index in [1.807, 2.05) is 17.8 Å². The Morgan fingerprint density at radius 2 is 2.13 bits per heavy atom. The Kier molecular flexibility index (Phi) is 4.55. The van der Waals surface area contributed by atoms with Gasteiger partial charge in [0.25, 0.3) is 0 Å². The lowest BCUT2D eigenvalue weighted by Gasteiger charge is -2.15. The molecule has 0 amide bonds. The predicted octanol–water partition coefficient (Wildman–Crippen LogP) is 3.27. The number of halogens is 1. The van der Waals surface area contributed by atoms with Crippen LogP contribution in [-0.2, 0) is 11.5 Å². The molecule has 0 aromatic carbocycles. The van der Waals surface area contributed by atoms with E-state index in [1.165, 1.54) is 6.04 Å². The summed E-state index contributed by atoms with van der Waals surface area (Å²) in [7, 11) is -0.965. The Bertz CT molecular complexity index is 300. The van der Waals surface area contributed by atoms with Crippen molar-refractivity contribution in [2.75, 3.05) is 6.61 Å². The first-order valence-electron chi connectivity index (χ1n) is 5.16. The zero-order valence-electron chi connectivity index (χ0n) is 9.88. The Morgan fingerprint density at radius 1 is 1.47 bits per heavy atom. The lowest BCUT2D eigenvalue weighted by molar-refractivity contribution is 0.0783. The number of hydrogen-bond acceptors (Lipinski definition) is 2. The maximum Gasteiger partial charge on any atom is 0.139 e. The molecular weight excluding hydrogens is 272 g/mol. The smallest absolute Gasteiger partial charge is 0.139 e. The molecule has 0 N–H and O–H groups in total. The van der Waals surface area contributed by atoms with Gasteiger partial charge in [-0.2, -0.15) is 5.10 Å². The molecule has 0 aliphatic rings. The second kappa shape index (κ2) is 5.27. The maximum absolute atomic E-state index is 5.58. The summed E-state index contributed by atoms with van der Waals surface area (Å²) >= 11 is 3.38. The number of rotatable bonds is 5. The van der Waals surface area contributed by atoms with E-state index in [4.69, 9.17) is 4.74 Å². The monoisotopic (exact) mass is 290 g/mol. The second-order valence-electron chi connectivity index (χ2n) is 4.99. The fourth-order valence-corrected chi connectivity index (χ4v) is 2.16. The molecule has 86 valence electrons. The van der Waals surface area contributed by atoms with Crippen LogP contribution in [0.1, 0.15) is 5.56 Å². The fourth-order valence-electron chi connectivity index (χ4n) is 1.10. The van der Waals surface area contributed by atoms with Gasteiger partial charge in [-0.15, -0.1) is 0 Å². The molecule has 1 aromatic heterocycles. The minimum Gasteiger partial charge on any atom is -0.360 e. The predicted molar refractivity (Wildman–Crippen MR) is 68.8 cm³/mol. The molecule has 1 rings (SSSR count). The van der Waals surface area contributed by atoms with E-state index in [2.05, 4.69) is 40.7 Å². The van der Waals surface area contributed by atoms with Gasteiger partial charge < -0.3 is 4.74 Å². The van der Waals surface area contributed by atoms with Gasteiger partial charge in [0.2, 0.25) is 0 Å². The molecule has 0 fully saturated rings. The fraction of sp³-hybridized carbons (Fsp3) is 0.700. The van der Waals surface area contributed by atoms with Gasteiger partial charge in [-0.3, -0.25) is 0 Å². The SMILES string of the molecule is Cc1cn(COCC[Si](C)(C)C)nc1Br. The van der Waals surface area contributed by atoms with Crippen molar-refractivity contribution in [2.24, 2.45) is 0 Å². The highest BCUT2D eigenvalue weighted by molar-refractivity contribution is 9.10. The molecule has 1 heterocycles. The van der Waals surface area contributed by atoms with Gasteiger partial charge in [-0.25, -0.2) is 4.68 Å². The molecule has 0 radical (unpaired) electrons. The van der Waals surface area contributed by atoms with Crippen molar-refractivity contribution in [2.45, 2.75) is 39.3 Å². The third-order valence-corrected chi connectivity index (χ3v) is 4.59. The number of aryl methyl sites for hydroxylation is 1. The van der Waals surface area contributed by atoms with Crippen LogP contribution in [0.5, 0.6) is 0 Å². The molecule has 0 aliphatic carbocycles. The molecule has 0 bridgehead atoms. The largest absolute Gasteiger partial charge is 0.360 e. The summed E-state index contributed by atoms with van der Waals surface area (Å²) in [5, 5.41) is 4.26. The first kappa shape index (κ1) is 12.9. The average molecular weight is 291 g/mol. The normalized spacial score (nSPS) is 12.1. The van der Waals surface area contributed by atoms with Gasteiger partial charge in [0, 0.05) is 26.4 Å². The molecule has 1 aromatic rings. The van der Waals surface area contributed by atoms with Crippen molar-refractivity contribution in [1.82, 2.24) is 9.78 Å². The minimum atomic E-state index is -0.965. The molecule has 3 nitrogen and oxygen atoms in total. The van der Waals surface area contributed by atoms with Crippen LogP contribution < -0.4 is 0 Å². The number of ether oxygens (including phenoxy) is 1. The average Bonchev–Trinajstić information content (AvgIpc) is 2.39. The van der Waals surface area contributed by atoms with Crippen LogP contribution in [0.3, 0.4) is 0 Å². The third-order valence-electron chi connectivity index (χ3n) is 2.10. The molecule has 0 spiro atoms.